The maximum Gasteiger partial charge on any atom is 0.225 e. The molecule has 1 radical (unpaired) electrons. The molecule has 3 nitrogen and oxygen atoms in total. The van der Waals surface area contributed by atoms with E-state index >= 15 is 0 Å². The van der Waals surface area contributed by atoms with Gasteiger partial charge in [-0.1, -0.05) is 76.5 Å². The Kier molecular flexibility index (Phi) is 11.4. The molecule has 0 unspecified atom stereocenters. The minimum Gasteiger partial charge on any atom is -0.326 e. The van der Waals surface area contributed by atoms with Gasteiger partial charge in [0.1, 0.15) is 0 Å². The average Bonchev–Trinajstić information content (AvgIpc) is 2.60. The first-order valence-corrected chi connectivity index (χ1v) is 9.20. The summed E-state index contributed by atoms with van der Waals surface area (Å²) in [5, 5.41) is 2.91. The van der Waals surface area contributed by atoms with E-state index in [4.69, 9.17) is 0 Å². The fourth-order valence-corrected chi connectivity index (χ4v) is 2.63. The molecule has 0 spiro atoms. The van der Waals surface area contributed by atoms with E-state index in [0.717, 1.165) is 24.1 Å². The SMILES string of the molecule is CCCCCCCCCCCC(=O)Nc1ccc(C=C[C]=O)cc1. The van der Waals surface area contributed by atoms with Crippen LogP contribution < -0.4 is 5.32 Å². The second-order valence-electron chi connectivity index (χ2n) is 6.20. The van der Waals surface area contributed by atoms with Crippen LogP contribution in [-0.2, 0) is 9.59 Å². The van der Waals surface area contributed by atoms with Crippen LogP contribution in [0, 0.1) is 0 Å². The lowest BCUT2D eigenvalue weighted by Crippen LogP contribution is -2.10. The Balaban J connectivity index is 2.09. The van der Waals surface area contributed by atoms with Gasteiger partial charge in [-0.3, -0.25) is 9.59 Å². The normalized spacial score (nSPS) is 10.9. The van der Waals surface area contributed by atoms with Crippen molar-refractivity contribution in [1.82, 2.24) is 0 Å². The number of carbonyl (C=O) groups excluding carboxylic acids is 2. The molecular formula is C21H30NO2. The highest BCUT2D eigenvalue weighted by Gasteiger charge is 2.02. The van der Waals surface area contributed by atoms with Crippen LogP contribution in [0.3, 0.4) is 0 Å². The van der Waals surface area contributed by atoms with Crippen LogP contribution in [0.4, 0.5) is 5.69 Å². The molecule has 1 rings (SSSR count). The van der Waals surface area contributed by atoms with E-state index < -0.39 is 0 Å². The molecule has 0 heterocycles. The third-order valence-corrected chi connectivity index (χ3v) is 4.05. The Labute approximate surface area is 146 Å². The van der Waals surface area contributed by atoms with Crippen molar-refractivity contribution in [1.29, 1.82) is 0 Å². The van der Waals surface area contributed by atoms with Crippen molar-refractivity contribution in [2.45, 2.75) is 71.1 Å². The lowest BCUT2D eigenvalue weighted by molar-refractivity contribution is -0.116. The first-order valence-electron chi connectivity index (χ1n) is 9.20. The molecule has 0 saturated carbocycles. The van der Waals surface area contributed by atoms with Crippen molar-refractivity contribution >= 4 is 24.0 Å². The highest BCUT2D eigenvalue weighted by atomic mass is 16.1. The van der Waals surface area contributed by atoms with Gasteiger partial charge in [-0.05, 0) is 30.2 Å². The van der Waals surface area contributed by atoms with E-state index in [1.807, 2.05) is 24.3 Å². The summed E-state index contributed by atoms with van der Waals surface area (Å²) in [4.78, 5) is 22.0. The maximum atomic E-state index is 11.9. The number of hydrogen-bond acceptors (Lipinski definition) is 2. The molecule has 1 N–H and O–H groups in total. The van der Waals surface area contributed by atoms with Gasteiger partial charge in [0.25, 0.3) is 0 Å². The van der Waals surface area contributed by atoms with Crippen molar-refractivity contribution in [2.75, 3.05) is 5.32 Å². The summed E-state index contributed by atoms with van der Waals surface area (Å²) in [6.45, 7) is 2.24. The highest BCUT2D eigenvalue weighted by molar-refractivity contribution is 5.90. The van der Waals surface area contributed by atoms with E-state index in [0.29, 0.717) is 6.42 Å². The first-order chi connectivity index (χ1) is 11.8. The topological polar surface area (TPSA) is 46.2 Å². The molecule has 0 fully saturated rings. The van der Waals surface area contributed by atoms with Gasteiger partial charge in [-0.2, -0.15) is 0 Å². The van der Waals surface area contributed by atoms with Gasteiger partial charge in [-0.15, -0.1) is 0 Å². The summed E-state index contributed by atoms with van der Waals surface area (Å²) in [6, 6.07) is 7.42. The quantitative estimate of drug-likeness (QED) is 0.374. The molecule has 0 aliphatic heterocycles. The van der Waals surface area contributed by atoms with E-state index in [1.54, 1.807) is 12.4 Å². The molecule has 1 aromatic carbocycles. The van der Waals surface area contributed by atoms with Crippen molar-refractivity contribution in [3.05, 3.63) is 35.9 Å². The summed E-state index contributed by atoms with van der Waals surface area (Å²) >= 11 is 0. The number of carbonyl (C=O) groups is 1. The predicted molar refractivity (Wildman–Crippen MR) is 102 cm³/mol. The maximum absolute atomic E-state index is 11.9. The Morgan fingerprint density at radius 2 is 1.54 bits per heavy atom. The molecule has 0 aliphatic rings. The number of anilines is 1. The summed E-state index contributed by atoms with van der Waals surface area (Å²) in [5.41, 5.74) is 1.71. The van der Waals surface area contributed by atoms with Gasteiger partial charge >= 0.3 is 0 Å². The van der Waals surface area contributed by atoms with Crippen molar-refractivity contribution in [3.63, 3.8) is 0 Å². The molecule has 24 heavy (non-hydrogen) atoms. The zero-order valence-electron chi connectivity index (χ0n) is 14.9. The number of nitrogens with one attached hydrogen (secondary N) is 1. The average molecular weight is 328 g/mol. The van der Waals surface area contributed by atoms with Gasteiger partial charge in [0.05, 0.1) is 0 Å². The Hall–Kier alpha value is -1.90. The van der Waals surface area contributed by atoms with Crippen LogP contribution in [0.15, 0.2) is 30.3 Å². The van der Waals surface area contributed by atoms with Crippen molar-refractivity contribution in [3.8, 4) is 0 Å². The zero-order chi connectivity index (χ0) is 17.5. The summed E-state index contributed by atoms with van der Waals surface area (Å²) in [5.74, 6) is 0.0717. The van der Waals surface area contributed by atoms with Crippen LogP contribution in [0.25, 0.3) is 6.08 Å². The van der Waals surface area contributed by atoms with Crippen LogP contribution in [0.2, 0.25) is 0 Å². The fraction of sp³-hybridized carbons (Fsp3) is 0.524. The van der Waals surface area contributed by atoms with Crippen LogP contribution in [-0.4, -0.2) is 12.2 Å². The third kappa shape index (κ3) is 9.98. The van der Waals surface area contributed by atoms with Crippen molar-refractivity contribution < 1.29 is 9.59 Å². The van der Waals surface area contributed by atoms with E-state index in [-0.39, 0.29) is 5.91 Å². The fourth-order valence-electron chi connectivity index (χ4n) is 2.63. The molecule has 0 saturated heterocycles. The monoisotopic (exact) mass is 328 g/mol. The number of unbranched alkanes of at least 4 members (excludes halogenated alkanes) is 8. The van der Waals surface area contributed by atoms with E-state index in [9.17, 15) is 9.59 Å². The summed E-state index contributed by atoms with van der Waals surface area (Å²) in [6.07, 6.45) is 16.6. The minimum absolute atomic E-state index is 0.0717. The number of hydrogen-bond donors (Lipinski definition) is 1. The Morgan fingerprint density at radius 1 is 0.958 bits per heavy atom. The predicted octanol–water partition coefficient (Wildman–Crippen LogP) is 5.67. The lowest BCUT2D eigenvalue weighted by Gasteiger charge is -2.06. The van der Waals surface area contributed by atoms with Gasteiger partial charge in [-0.25, -0.2) is 0 Å². The van der Waals surface area contributed by atoms with E-state index in [2.05, 4.69) is 12.2 Å². The van der Waals surface area contributed by atoms with Gasteiger partial charge < -0.3 is 5.32 Å². The minimum atomic E-state index is 0.0717. The second-order valence-corrected chi connectivity index (χ2v) is 6.20. The molecule has 1 aromatic rings. The van der Waals surface area contributed by atoms with Gasteiger partial charge in [0.2, 0.25) is 12.2 Å². The number of allylic oxidation sites excluding steroid dienone is 1. The standard InChI is InChI=1S/C21H30NO2/c1-2-3-4-5-6-7-8-9-10-13-21(24)22-20-16-14-19(15-17-20)12-11-18-23/h11-12,14-17H,2-10,13H2,1H3,(H,22,24). The summed E-state index contributed by atoms with van der Waals surface area (Å²) in [7, 11) is 0. The molecule has 3 heteroatoms. The molecule has 131 valence electrons. The largest absolute Gasteiger partial charge is 0.326 e. The van der Waals surface area contributed by atoms with Crippen LogP contribution in [0.1, 0.15) is 76.7 Å². The highest BCUT2D eigenvalue weighted by Crippen LogP contribution is 2.13. The smallest absolute Gasteiger partial charge is 0.225 e. The van der Waals surface area contributed by atoms with Crippen molar-refractivity contribution in [2.24, 2.45) is 0 Å². The molecule has 0 aliphatic carbocycles. The Bertz CT molecular complexity index is 491. The second kappa shape index (κ2) is 13.5. The lowest BCUT2D eigenvalue weighted by atomic mass is 10.1. The number of amides is 1. The Morgan fingerprint density at radius 3 is 2.12 bits per heavy atom. The number of benzene rings is 1. The molecule has 0 atom stereocenters. The molecular weight excluding hydrogens is 298 g/mol. The van der Waals surface area contributed by atoms with E-state index in [1.165, 1.54) is 51.0 Å². The van der Waals surface area contributed by atoms with Crippen LogP contribution in [0.5, 0.6) is 0 Å². The number of rotatable bonds is 13. The molecule has 0 bridgehead atoms. The van der Waals surface area contributed by atoms with Gasteiger partial charge in [0.15, 0.2) is 0 Å². The third-order valence-electron chi connectivity index (χ3n) is 4.05. The van der Waals surface area contributed by atoms with Crippen LogP contribution >= 0.6 is 0 Å². The van der Waals surface area contributed by atoms with Gasteiger partial charge in [0, 0.05) is 12.1 Å². The summed E-state index contributed by atoms with van der Waals surface area (Å²) < 4.78 is 0. The molecule has 0 aromatic heterocycles. The first kappa shape index (κ1) is 20.1. The zero-order valence-corrected chi connectivity index (χ0v) is 14.9. The molecule has 1 amide bonds.